The van der Waals surface area contributed by atoms with E-state index in [-0.39, 0.29) is 24.7 Å². The lowest BCUT2D eigenvalue weighted by molar-refractivity contribution is -0.139. The van der Waals surface area contributed by atoms with Crippen molar-refractivity contribution in [3.05, 3.63) is 12.7 Å². The van der Waals surface area contributed by atoms with Gasteiger partial charge >= 0.3 is 5.97 Å². The molecule has 5 nitrogen and oxygen atoms in total. The molecule has 0 aliphatic carbocycles. The van der Waals surface area contributed by atoms with Gasteiger partial charge in [0.15, 0.2) is 0 Å². The van der Waals surface area contributed by atoms with Crippen LogP contribution in [0.1, 0.15) is 12.8 Å². The Kier molecular flexibility index (Phi) is 9.01. The molecule has 0 saturated carbocycles. The Morgan fingerprint density at radius 3 is 2.47 bits per heavy atom. The normalized spacial score (nSPS) is 13.2. The van der Waals surface area contributed by atoms with Crippen molar-refractivity contribution in [1.29, 1.82) is 0 Å². The molecule has 0 aliphatic heterocycles. The summed E-state index contributed by atoms with van der Waals surface area (Å²) in [5.74, 6) is -1.71. The van der Waals surface area contributed by atoms with Crippen LogP contribution >= 0.6 is 12.4 Å². The lowest BCUT2D eigenvalue weighted by Gasteiger charge is -2.15. The predicted octanol–water partition coefficient (Wildman–Crippen LogP) is 0.148. The monoisotopic (exact) mass is 236 g/mol. The molecule has 0 rings (SSSR count). The summed E-state index contributed by atoms with van der Waals surface area (Å²) in [4.78, 5) is 21.7. The first-order valence-electron chi connectivity index (χ1n) is 4.33. The van der Waals surface area contributed by atoms with Crippen LogP contribution in [-0.4, -0.2) is 30.1 Å². The highest BCUT2D eigenvalue weighted by Crippen LogP contribution is 2.11. The summed E-state index contributed by atoms with van der Waals surface area (Å²) in [6.45, 7) is 3.50. The third-order valence-corrected chi connectivity index (χ3v) is 1.92. The van der Waals surface area contributed by atoms with Crippen molar-refractivity contribution in [2.75, 3.05) is 7.05 Å². The van der Waals surface area contributed by atoms with E-state index in [0.29, 0.717) is 6.42 Å². The van der Waals surface area contributed by atoms with E-state index in [1.165, 1.54) is 7.05 Å². The number of aliphatic carboxylic acids is 1. The highest BCUT2D eigenvalue weighted by molar-refractivity contribution is 5.85. The second kappa shape index (κ2) is 8.26. The molecule has 15 heavy (non-hydrogen) atoms. The number of halogens is 1. The third-order valence-electron chi connectivity index (χ3n) is 1.92. The average Bonchev–Trinajstić information content (AvgIpc) is 2.15. The summed E-state index contributed by atoms with van der Waals surface area (Å²) in [7, 11) is 1.50. The van der Waals surface area contributed by atoms with E-state index < -0.39 is 17.9 Å². The van der Waals surface area contributed by atoms with E-state index in [9.17, 15) is 9.59 Å². The maximum absolute atomic E-state index is 11.3. The van der Waals surface area contributed by atoms with Crippen LogP contribution in [0.25, 0.3) is 0 Å². The Bertz CT molecular complexity index is 233. The van der Waals surface area contributed by atoms with E-state index in [1.54, 1.807) is 6.08 Å². The van der Waals surface area contributed by atoms with E-state index in [2.05, 4.69) is 11.9 Å². The molecule has 0 spiro atoms. The highest BCUT2D eigenvalue weighted by Gasteiger charge is 2.22. The molecular formula is C9H17ClN2O3. The molecule has 0 aromatic heterocycles. The van der Waals surface area contributed by atoms with Crippen molar-refractivity contribution in [2.45, 2.75) is 18.9 Å². The van der Waals surface area contributed by atoms with Gasteiger partial charge in [0.2, 0.25) is 5.91 Å². The van der Waals surface area contributed by atoms with Crippen molar-refractivity contribution in [3.63, 3.8) is 0 Å². The number of carbonyl (C=O) groups excluding carboxylic acids is 1. The van der Waals surface area contributed by atoms with Gasteiger partial charge in [0.1, 0.15) is 6.04 Å². The molecule has 2 atom stereocenters. The molecule has 0 aliphatic rings. The number of carboxylic acids is 1. The summed E-state index contributed by atoms with van der Waals surface area (Å²) >= 11 is 0. The summed E-state index contributed by atoms with van der Waals surface area (Å²) in [6, 6.07) is -1.00. The van der Waals surface area contributed by atoms with Crippen LogP contribution in [0.4, 0.5) is 0 Å². The van der Waals surface area contributed by atoms with Crippen LogP contribution in [0.15, 0.2) is 12.7 Å². The molecule has 88 valence electrons. The first kappa shape index (κ1) is 16.4. The zero-order chi connectivity index (χ0) is 11.1. The fourth-order valence-electron chi connectivity index (χ4n) is 1.12. The molecule has 4 N–H and O–H groups in total. The molecule has 0 saturated heterocycles. The van der Waals surface area contributed by atoms with Crippen LogP contribution in [0.3, 0.4) is 0 Å². The van der Waals surface area contributed by atoms with Gasteiger partial charge in [0, 0.05) is 13.0 Å². The van der Waals surface area contributed by atoms with Crippen LogP contribution in [0, 0.1) is 5.92 Å². The minimum atomic E-state index is -1.09. The number of hydrogen-bond acceptors (Lipinski definition) is 3. The zero-order valence-corrected chi connectivity index (χ0v) is 9.42. The molecule has 6 heteroatoms. The molecule has 0 bridgehead atoms. The van der Waals surface area contributed by atoms with Crippen molar-refractivity contribution >= 4 is 24.3 Å². The van der Waals surface area contributed by atoms with Gasteiger partial charge in [-0.05, 0) is 12.8 Å². The van der Waals surface area contributed by atoms with Gasteiger partial charge in [0.05, 0.1) is 0 Å². The smallest absolute Gasteiger partial charge is 0.320 e. The Labute approximate surface area is 95.1 Å². The first-order valence-corrected chi connectivity index (χ1v) is 4.33. The van der Waals surface area contributed by atoms with Crippen LogP contribution in [-0.2, 0) is 9.59 Å². The van der Waals surface area contributed by atoms with Gasteiger partial charge in [-0.1, -0.05) is 6.08 Å². The SMILES string of the molecule is C=CCC(CC(N)C(=O)O)C(=O)NC.Cl. The van der Waals surface area contributed by atoms with Crippen molar-refractivity contribution in [3.8, 4) is 0 Å². The molecule has 0 fully saturated rings. The Morgan fingerprint density at radius 1 is 1.60 bits per heavy atom. The second-order valence-electron chi connectivity index (χ2n) is 3.02. The van der Waals surface area contributed by atoms with Gasteiger partial charge in [-0.3, -0.25) is 9.59 Å². The van der Waals surface area contributed by atoms with E-state index in [1.807, 2.05) is 0 Å². The lowest BCUT2D eigenvalue weighted by atomic mass is 9.96. The summed E-state index contributed by atoms with van der Waals surface area (Å²) in [6.07, 6.45) is 2.14. The molecule has 0 aromatic rings. The number of carboxylic acid groups (broad SMARTS) is 1. The van der Waals surface area contributed by atoms with E-state index in [0.717, 1.165) is 0 Å². The molecular weight excluding hydrogens is 220 g/mol. The minimum absolute atomic E-state index is 0. The molecule has 0 radical (unpaired) electrons. The van der Waals surface area contributed by atoms with E-state index >= 15 is 0 Å². The second-order valence-corrected chi connectivity index (χ2v) is 3.02. The number of hydrogen-bond donors (Lipinski definition) is 3. The van der Waals surface area contributed by atoms with Crippen molar-refractivity contribution in [2.24, 2.45) is 11.7 Å². The van der Waals surface area contributed by atoms with Gasteiger partial charge in [0.25, 0.3) is 0 Å². The summed E-state index contributed by atoms with van der Waals surface area (Å²) < 4.78 is 0. The minimum Gasteiger partial charge on any atom is -0.480 e. The largest absolute Gasteiger partial charge is 0.480 e. The summed E-state index contributed by atoms with van der Waals surface area (Å²) in [5.41, 5.74) is 5.33. The Balaban J connectivity index is 0. The molecule has 1 amide bonds. The maximum atomic E-state index is 11.3. The Morgan fingerprint density at radius 2 is 2.13 bits per heavy atom. The van der Waals surface area contributed by atoms with E-state index in [4.69, 9.17) is 10.8 Å². The number of nitrogens with one attached hydrogen (secondary N) is 1. The van der Waals surface area contributed by atoms with Gasteiger partial charge < -0.3 is 16.2 Å². The fourth-order valence-corrected chi connectivity index (χ4v) is 1.12. The molecule has 2 unspecified atom stereocenters. The topological polar surface area (TPSA) is 92.4 Å². The number of carbonyl (C=O) groups is 2. The number of rotatable bonds is 6. The standard InChI is InChI=1S/C9H16N2O3.ClH/c1-3-4-6(8(12)11-2)5-7(10)9(13)14;/h3,6-7H,1,4-5,10H2,2H3,(H,11,12)(H,13,14);1H. The quantitative estimate of drug-likeness (QED) is 0.573. The zero-order valence-electron chi connectivity index (χ0n) is 8.60. The van der Waals surface area contributed by atoms with Crippen LogP contribution in [0.5, 0.6) is 0 Å². The van der Waals surface area contributed by atoms with Crippen LogP contribution < -0.4 is 11.1 Å². The maximum Gasteiger partial charge on any atom is 0.320 e. The van der Waals surface area contributed by atoms with Crippen molar-refractivity contribution < 1.29 is 14.7 Å². The predicted molar refractivity (Wildman–Crippen MR) is 59.8 cm³/mol. The summed E-state index contributed by atoms with van der Waals surface area (Å²) in [5, 5.41) is 11.0. The lowest BCUT2D eigenvalue weighted by Crippen LogP contribution is -2.37. The van der Waals surface area contributed by atoms with Gasteiger partial charge in [-0.15, -0.1) is 19.0 Å². The first-order chi connectivity index (χ1) is 6.52. The average molecular weight is 237 g/mol. The highest BCUT2D eigenvalue weighted by atomic mass is 35.5. The fraction of sp³-hybridized carbons (Fsp3) is 0.556. The van der Waals surface area contributed by atoms with Gasteiger partial charge in [-0.25, -0.2) is 0 Å². The number of amides is 1. The van der Waals surface area contributed by atoms with Gasteiger partial charge in [-0.2, -0.15) is 0 Å². The molecule has 0 heterocycles. The third kappa shape index (κ3) is 6.09. The number of allylic oxidation sites excluding steroid dienone is 1. The molecule has 0 aromatic carbocycles. The van der Waals surface area contributed by atoms with Crippen LogP contribution in [0.2, 0.25) is 0 Å². The number of nitrogens with two attached hydrogens (primary N) is 1. The van der Waals surface area contributed by atoms with Crippen molar-refractivity contribution in [1.82, 2.24) is 5.32 Å². The Hall–Kier alpha value is -1.07.